The van der Waals surface area contributed by atoms with Gasteiger partial charge in [-0.25, -0.2) is 4.39 Å². The Kier molecular flexibility index (Phi) is 3.94. The standard InChI is InChI=1S/C14H20FN/c1-2-14(16-10-9-11-3-4-11)12-5-7-13(15)8-6-12/h5-8,11,14,16H,2-4,9-10H2,1H3. The zero-order valence-corrected chi connectivity index (χ0v) is 9.88. The Morgan fingerprint density at radius 2 is 2.00 bits per heavy atom. The van der Waals surface area contributed by atoms with Gasteiger partial charge < -0.3 is 5.32 Å². The van der Waals surface area contributed by atoms with Crippen LogP contribution in [0.2, 0.25) is 0 Å². The summed E-state index contributed by atoms with van der Waals surface area (Å²) in [6, 6.07) is 7.22. The van der Waals surface area contributed by atoms with Crippen LogP contribution in [0.5, 0.6) is 0 Å². The third-order valence-corrected chi connectivity index (χ3v) is 3.32. The molecule has 0 saturated heterocycles. The molecule has 1 nitrogen and oxygen atoms in total. The summed E-state index contributed by atoms with van der Waals surface area (Å²) in [5, 5.41) is 3.55. The highest BCUT2D eigenvalue weighted by molar-refractivity contribution is 5.19. The zero-order valence-electron chi connectivity index (χ0n) is 9.88. The average molecular weight is 221 g/mol. The molecule has 0 heterocycles. The van der Waals surface area contributed by atoms with Crippen LogP contribution in [-0.2, 0) is 0 Å². The van der Waals surface area contributed by atoms with Gasteiger partial charge in [0.15, 0.2) is 0 Å². The molecule has 0 aromatic heterocycles. The summed E-state index contributed by atoms with van der Waals surface area (Å²) in [6.07, 6.45) is 5.16. The van der Waals surface area contributed by atoms with Crippen molar-refractivity contribution in [2.75, 3.05) is 6.54 Å². The van der Waals surface area contributed by atoms with Gasteiger partial charge in [-0.1, -0.05) is 31.9 Å². The lowest BCUT2D eigenvalue weighted by Crippen LogP contribution is -2.22. The van der Waals surface area contributed by atoms with E-state index < -0.39 is 0 Å². The maximum atomic E-state index is 12.8. The average Bonchev–Trinajstić information content (AvgIpc) is 3.10. The predicted molar refractivity (Wildman–Crippen MR) is 64.8 cm³/mol. The van der Waals surface area contributed by atoms with E-state index >= 15 is 0 Å². The molecule has 0 aliphatic heterocycles. The second kappa shape index (κ2) is 5.44. The highest BCUT2D eigenvalue weighted by Gasteiger charge is 2.20. The van der Waals surface area contributed by atoms with Crippen LogP contribution < -0.4 is 5.32 Å². The molecule has 0 bridgehead atoms. The first kappa shape index (κ1) is 11.6. The maximum absolute atomic E-state index is 12.8. The number of rotatable bonds is 6. The number of hydrogen-bond donors (Lipinski definition) is 1. The van der Waals surface area contributed by atoms with Crippen LogP contribution in [0.25, 0.3) is 0 Å². The van der Waals surface area contributed by atoms with Gasteiger partial charge in [-0.2, -0.15) is 0 Å². The lowest BCUT2D eigenvalue weighted by Gasteiger charge is -2.17. The van der Waals surface area contributed by atoms with E-state index in [4.69, 9.17) is 0 Å². The van der Waals surface area contributed by atoms with Crippen LogP contribution in [0.1, 0.15) is 44.2 Å². The SMILES string of the molecule is CCC(NCCC1CC1)c1ccc(F)cc1. The molecule has 1 N–H and O–H groups in total. The molecule has 0 spiro atoms. The molecule has 2 rings (SSSR count). The lowest BCUT2D eigenvalue weighted by molar-refractivity contribution is 0.497. The Morgan fingerprint density at radius 3 is 2.56 bits per heavy atom. The van der Waals surface area contributed by atoms with Crippen LogP contribution in [0.3, 0.4) is 0 Å². The van der Waals surface area contributed by atoms with E-state index in [1.54, 1.807) is 12.1 Å². The van der Waals surface area contributed by atoms with Crippen molar-refractivity contribution >= 4 is 0 Å². The molecule has 16 heavy (non-hydrogen) atoms. The van der Waals surface area contributed by atoms with Crippen molar-refractivity contribution in [1.82, 2.24) is 5.32 Å². The molecule has 0 radical (unpaired) electrons. The van der Waals surface area contributed by atoms with E-state index in [-0.39, 0.29) is 5.82 Å². The van der Waals surface area contributed by atoms with Gasteiger partial charge in [0.2, 0.25) is 0 Å². The third kappa shape index (κ3) is 3.31. The van der Waals surface area contributed by atoms with Crippen LogP contribution in [0.15, 0.2) is 24.3 Å². The number of halogens is 1. The largest absolute Gasteiger partial charge is 0.310 e. The zero-order chi connectivity index (χ0) is 11.4. The summed E-state index contributed by atoms with van der Waals surface area (Å²) < 4.78 is 12.8. The van der Waals surface area contributed by atoms with Gasteiger partial charge in [-0.05, 0) is 43.0 Å². The van der Waals surface area contributed by atoms with Gasteiger partial charge in [-0.15, -0.1) is 0 Å². The van der Waals surface area contributed by atoms with Gasteiger partial charge in [0.25, 0.3) is 0 Å². The molecule has 2 heteroatoms. The Morgan fingerprint density at radius 1 is 1.31 bits per heavy atom. The Bertz CT molecular complexity index is 316. The fourth-order valence-corrected chi connectivity index (χ4v) is 2.06. The molecule has 1 aromatic rings. The van der Waals surface area contributed by atoms with Crippen molar-refractivity contribution < 1.29 is 4.39 Å². The first-order chi connectivity index (χ1) is 7.79. The first-order valence-corrected chi connectivity index (χ1v) is 6.28. The highest BCUT2D eigenvalue weighted by atomic mass is 19.1. The van der Waals surface area contributed by atoms with Crippen LogP contribution in [0, 0.1) is 11.7 Å². The molecule has 1 aliphatic rings. The minimum atomic E-state index is -0.156. The summed E-state index contributed by atoms with van der Waals surface area (Å²) >= 11 is 0. The molecule has 1 atom stereocenters. The molecule has 88 valence electrons. The van der Waals surface area contributed by atoms with E-state index in [1.807, 2.05) is 12.1 Å². The Balaban J connectivity index is 1.84. The van der Waals surface area contributed by atoms with Crippen molar-refractivity contribution in [3.63, 3.8) is 0 Å². The molecule has 1 fully saturated rings. The quantitative estimate of drug-likeness (QED) is 0.773. The fraction of sp³-hybridized carbons (Fsp3) is 0.571. The molecular weight excluding hydrogens is 201 g/mol. The van der Waals surface area contributed by atoms with Gasteiger partial charge >= 0.3 is 0 Å². The minimum absolute atomic E-state index is 0.156. The second-order valence-corrected chi connectivity index (χ2v) is 4.70. The summed E-state index contributed by atoms with van der Waals surface area (Å²) in [6.45, 7) is 3.25. The second-order valence-electron chi connectivity index (χ2n) is 4.70. The van der Waals surface area contributed by atoms with E-state index in [0.717, 1.165) is 18.9 Å². The van der Waals surface area contributed by atoms with Crippen molar-refractivity contribution in [2.24, 2.45) is 5.92 Å². The summed E-state index contributed by atoms with van der Waals surface area (Å²) in [4.78, 5) is 0. The highest BCUT2D eigenvalue weighted by Crippen LogP contribution is 2.32. The molecule has 1 aliphatic carbocycles. The van der Waals surface area contributed by atoms with E-state index in [2.05, 4.69) is 12.2 Å². The predicted octanol–water partition coefficient (Wildman–Crippen LogP) is 3.67. The van der Waals surface area contributed by atoms with E-state index in [1.165, 1.54) is 24.8 Å². The summed E-state index contributed by atoms with van der Waals surface area (Å²) in [5.74, 6) is 0.815. The number of benzene rings is 1. The maximum Gasteiger partial charge on any atom is 0.123 e. The molecule has 1 saturated carbocycles. The van der Waals surface area contributed by atoms with Gasteiger partial charge in [0.1, 0.15) is 5.82 Å². The summed E-state index contributed by atoms with van der Waals surface area (Å²) in [5.41, 5.74) is 1.19. The van der Waals surface area contributed by atoms with Crippen molar-refractivity contribution in [2.45, 2.75) is 38.6 Å². The molecule has 1 unspecified atom stereocenters. The number of hydrogen-bond acceptors (Lipinski definition) is 1. The van der Waals surface area contributed by atoms with E-state index in [9.17, 15) is 4.39 Å². The fourth-order valence-electron chi connectivity index (χ4n) is 2.06. The minimum Gasteiger partial charge on any atom is -0.310 e. The normalized spacial score (nSPS) is 17.4. The topological polar surface area (TPSA) is 12.0 Å². The van der Waals surface area contributed by atoms with Gasteiger partial charge in [0.05, 0.1) is 0 Å². The smallest absolute Gasteiger partial charge is 0.123 e. The van der Waals surface area contributed by atoms with Gasteiger partial charge in [0, 0.05) is 6.04 Å². The monoisotopic (exact) mass is 221 g/mol. The van der Waals surface area contributed by atoms with Crippen molar-refractivity contribution in [3.05, 3.63) is 35.6 Å². The van der Waals surface area contributed by atoms with Crippen molar-refractivity contribution in [3.8, 4) is 0 Å². The lowest BCUT2D eigenvalue weighted by atomic mass is 10.0. The van der Waals surface area contributed by atoms with Crippen LogP contribution in [0.4, 0.5) is 4.39 Å². The Hall–Kier alpha value is -0.890. The first-order valence-electron chi connectivity index (χ1n) is 6.28. The molecular formula is C14H20FN. The molecule has 1 aromatic carbocycles. The van der Waals surface area contributed by atoms with Crippen molar-refractivity contribution in [1.29, 1.82) is 0 Å². The number of nitrogens with one attached hydrogen (secondary N) is 1. The van der Waals surface area contributed by atoms with Gasteiger partial charge in [-0.3, -0.25) is 0 Å². The van der Waals surface area contributed by atoms with Crippen LogP contribution >= 0.6 is 0 Å². The van der Waals surface area contributed by atoms with E-state index in [0.29, 0.717) is 6.04 Å². The van der Waals surface area contributed by atoms with Crippen LogP contribution in [-0.4, -0.2) is 6.54 Å². The third-order valence-electron chi connectivity index (χ3n) is 3.32. The Labute approximate surface area is 97.1 Å². The summed E-state index contributed by atoms with van der Waals surface area (Å²) in [7, 11) is 0. The molecule has 0 amide bonds.